The fraction of sp³-hybridized carbons (Fsp3) is 0.526. The Morgan fingerprint density at radius 1 is 0.963 bits per heavy atom. The second-order valence-corrected chi connectivity index (χ2v) is 8.52. The van der Waals surface area contributed by atoms with E-state index in [1.54, 1.807) is 27.8 Å². The van der Waals surface area contributed by atoms with Crippen molar-refractivity contribution in [3.8, 4) is 0 Å². The molecule has 1 aromatic carbocycles. The fourth-order valence-corrected chi connectivity index (χ4v) is 2.11. The zero-order chi connectivity index (χ0) is 20.8. The molecule has 2 N–H and O–H groups in total. The largest absolute Gasteiger partial charge is 0.444 e. The van der Waals surface area contributed by atoms with Crippen LogP contribution < -0.4 is 10.9 Å². The number of hydrogen-bond donors (Lipinski definition) is 2. The Balaban J connectivity index is 2.57. The summed E-state index contributed by atoms with van der Waals surface area (Å²) < 4.78 is 10.4. The molecule has 0 unspecified atom stereocenters. The van der Waals surface area contributed by atoms with Crippen LogP contribution in [0.3, 0.4) is 0 Å². The number of benzene rings is 1. The number of hydrazine groups is 1. The lowest BCUT2D eigenvalue weighted by molar-refractivity contribution is 0.0284. The first-order chi connectivity index (χ1) is 12.3. The van der Waals surface area contributed by atoms with Crippen molar-refractivity contribution in [1.29, 1.82) is 0 Å². The second kappa shape index (κ2) is 9.03. The smallest absolute Gasteiger partial charge is 0.426 e. The van der Waals surface area contributed by atoms with Crippen molar-refractivity contribution >= 4 is 29.4 Å². The lowest BCUT2D eigenvalue weighted by atomic mass is 10.1. The minimum atomic E-state index is -0.611. The quantitative estimate of drug-likeness (QED) is 0.599. The molecule has 0 saturated heterocycles. The molecule has 27 heavy (non-hydrogen) atoms. The van der Waals surface area contributed by atoms with E-state index in [0.717, 1.165) is 11.1 Å². The van der Waals surface area contributed by atoms with Crippen molar-refractivity contribution in [2.75, 3.05) is 7.05 Å². The van der Waals surface area contributed by atoms with Crippen LogP contribution in [0, 0.1) is 0 Å². The maximum Gasteiger partial charge on any atom is 0.426 e. The van der Waals surface area contributed by atoms with Crippen LogP contribution in [0.1, 0.15) is 52.7 Å². The number of amides is 2. The van der Waals surface area contributed by atoms with Crippen LogP contribution in [0.25, 0.3) is 0 Å². The molecule has 1 rings (SSSR count). The molecule has 0 aromatic heterocycles. The molecule has 0 aliphatic heterocycles. The molecule has 8 heteroatoms. The van der Waals surface area contributed by atoms with E-state index in [-0.39, 0.29) is 6.09 Å². The lowest BCUT2D eigenvalue weighted by Gasteiger charge is -2.24. The maximum atomic E-state index is 12.0. The van der Waals surface area contributed by atoms with Crippen molar-refractivity contribution in [2.24, 2.45) is 0 Å². The highest BCUT2D eigenvalue weighted by molar-refractivity contribution is 7.80. The van der Waals surface area contributed by atoms with Gasteiger partial charge in [-0.1, -0.05) is 36.5 Å². The Labute approximate surface area is 166 Å². The third-order valence-electron chi connectivity index (χ3n) is 3.02. The van der Waals surface area contributed by atoms with Crippen molar-refractivity contribution in [1.82, 2.24) is 15.8 Å². The van der Waals surface area contributed by atoms with Crippen LogP contribution in [0.4, 0.5) is 9.59 Å². The number of nitrogens with one attached hydrogen (secondary N) is 2. The van der Waals surface area contributed by atoms with Gasteiger partial charge in [-0.25, -0.2) is 15.0 Å². The highest BCUT2D eigenvalue weighted by Gasteiger charge is 2.20. The Morgan fingerprint density at radius 3 is 1.96 bits per heavy atom. The third-order valence-corrected chi connectivity index (χ3v) is 3.36. The zero-order valence-corrected chi connectivity index (χ0v) is 17.8. The van der Waals surface area contributed by atoms with Gasteiger partial charge in [0.1, 0.15) is 16.2 Å². The predicted molar refractivity (Wildman–Crippen MR) is 108 cm³/mol. The summed E-state index contributed by atoms with van der Waals surface area (Å²) in [5.41, 5.74) is 5.58. The number of hydrogen-bond acceptors (Lipinski definition) is 5. The number of nitrogens with zero attached hydrogens (tertiary/aromatic N) is 1. The van der Waals surface area contributed by atoms with Gasteiger partial charge >= 0.3 is 12.2 Å². The van der Waals surface area contributed by atoms with Crippen LogP contribution in [-0.4, -0.2) is 40.3 Å². The minimum Gasteiger partial charge on any atom is -0.444 e. The van der Waals surface area contributed by atoms with E-state index in [2.05, 4.69) is 10.9 Å². The van der Waals surface area contributed by atoms with Crippen LogP contribution in [0.5, 0.6) is 0 Å². The molecule has 1 aromatic rings. The van der Waals surface area contributed by atoms with E-state index < -0.39 is 17.3 Å². The van der Waals surface area contributed by atoms with E-state index in [9.17, 15) is 9.59 Å². The number of carbonyl (C=O) groups excluding carboxylic acids is 2. The van der Waals surface area contributed by atoms with Gasteiger partial charge in [-0.15, -0.1) is 0 Å². The average Bonchev–Trinajstić information content (AvgIpc) is 2.50. The van der Waals surface area contributed by atoms with Crippen LogP contribution in [0.15, 0.2) is 24.3 Å². The predicted octanol–water partition coefficient (Wildman–Crippen LogP) is 3.76. The monoisotopic (exact) mass is 395 g/mol. The SMILES string of the molecule is CN(Cc1ccc(C(=S)NNC(=O)OC(C)(C)C)cc1)C(=O)OC(C)(C)C. The highest BCUT2D eigenvalue weighted by atomic mass is 32.1. The fourth-order valence-electron chi connectivity index (χ4n) is 1.92. The van der Waals surface area contributed by atoms with E-state index in [4.69, 9.17) is 21.7 Å². The normalized spacial score (nSPS) is 11.4. The van der Waals surface area contributed by atoms with E-state index in [0.29, 0.717) is 11.5 Å². The summed E-state index contributed by atoms with van der Waals surface area (Å²) in [4.78, 5) is 25.5. The number of thiocarbonyl (C=S) groups is 1. The minimum absolute atomic E-state index is 0.355. The van der Waals surface area contributed by atoms with Gasteiger partial charge in [0.05, 0.1) is 0 Å². The standard InChI is InChI=1S/C19H29N3O4S/c1-18(2,3)25-16(23)21-20-15(27)14-10-8-13(9-11-14)12-22(7)17(24)26-19(4,5)6/h8-11H,12H2,1-7H3,(H,20,27)(H,21,23). The molecular formula is C19H29N3O4S. The van der Waals surface area contributed by atoms with Crippen molar-refractivity contribution in [2.45, 2.75) is 59.3 Å². The highest BCUT2D eigenvalue weighted by Crippen LogP contribution is 2.12. The zero-order valence-electron chi connectivity index (χ0n) is 17.0. The van der Waals surface area contributed by atoms with Crippen LogP contribution in [-0.2, 0) is 16.0 Å². The van der Waals surface area contributed by atoms with Crippen molar-refractivity contribution in [3.05, 3.63) is 35.4 Å². The van der Waals surface area contributed by atoms with Crippen molar-refractivity contribution < 1.29 is 19.1 Å². The lowest BCUT2D eigenvalue weighted by Crippen LogP contribution is -2.43. The van der Waals surface area contributed by atoms with E-state index >= 15 is 0 Å². The molecule has 0 heterocycles. The van der Waals surface area contributed by atoms with E-state index in [1.807, 2.05) is 45.0 Å². The van der Waals surface area contributed by atoms with Gasteiger partial charge in [0.15, 0.2) is 0 Å². The van der Waals surface area contributed by atoms with Crippen LogP contribution in [0.2, 0.25) is 0 Å². The molecule has 7 nitrogen and oxygen atoms in total. The first kappa shape index (κ1) is 22.7. The summed E-state index contributed by atoms with van der Waals surface area (Å²) in [6.45, 7) is 11.2. The molecular weight excluding hydrogens is 366 g/mol. The molecule has 0 aliphatic carbocycles. The Kier molecular flexibility index (Phi) is 7.59. The summed E-state index contributed by atoms with van der Waals surface area (Å²) >= 11 is 5.25. The second-order valence-electron chi connectivity index (χ2n) is 8.11. The summed E-state index contributed by atoms with van der Waals surface area (Å²) in [6.07, 6.45) is -0.995. The van der Waals surface area contributed by atoms with Gasteiger partial charge in [-0.05, 0) is 47.1 Å². The van der Waals surface area contributed by atoms with Gasteiger partial charge in [-0.2, -0.15) is 0 Å². The summed E-state index contributed by atoms with van der Waals surface area (Å²) in [5, 5.41) is 0. The Hall–Kier alpha value is -2.35. The third kappa shape index (κ3) is 9.23. The summed E-state index contributed by atoms with van der Waals surface area (Å²) in [6, 6.07) is 7.34. The van der Waals surface area contributed by atoms with Gasteiger partial charge in [0.2, 0.25) is 0 Å². The topological polar surface area (TPSA) is 79.9 Å². The molecule has 0 atom stereocenters. The number of rotatable bonds is 3. The molecule has 0 bridgehead atoms. The van der Waals surface area contributed by atoms with Gasteiger partial charge in [0.25, 0.3) is 0 Å². The summed E-state index contributed by atoms with van der Waals surface area (Å²) in [7, 11) is 1.68. The number of carbonyl (C=O) groups is 2. The number of ether oxygens (including phenoxy) is 2. The molecule has 0 spiro atoms. The van der Waals surface area contributed by atoms with E-state index in [1.165, 1.54) is 4.90 Å². The molecule has 150 valence electrons. The average molecular weight is 396 g/mol. The van der Waals surface area contributed by atoms with Crippen molar-refractivity contribution in [3.63, 3.8) is 0 Å². The Morgan fingerprint density at radius 2 is 1.48 bits per heavy atom. The molecule has 2 amide bonds. The Bertz CT molecular complexity index is 676. The first-order valence-electron chi connectivity index (χ1n) is 8.59. The summed E-state index contributed by atoms with van der Waals surface area (Å²) in [5.74, 6) is 0. The van der Waals surface area contributed by atoms with Gasteiger partial charge in [-0.3, -0.25) is 5.43 Å². The maximum absolute atomic E-state index is 12.0. The first-order valence-corrected chi connectivity index (χ1v) is 9.00. The molecule has 0 aliphatic rings. The van der Waals surface area contributed by atoms with Gasteiger partial charge < -0.3 is 14.4 Å². The van der Waals surface area contributed by atoms with Crippen LogP contribution >= 0.6 is 12.2 Å². The van der Waals surface area contributed by atoms with Gasteiger partial charge in [0, 0.05) is 19.2 Å². The molecule has 0 fully saturated rings. The molecule has 0 saturated carbocycles. The molecule has 0 radical (unpaired) electrons.